The van der Waals surface area contributed by atoms with Gasteiger partial charge in [-0.25, -0.2) is 0 Å². The standard InChI is InChI=1S/C14H12BrClN2O/c1-8-2-4-10(16)7-13(8)19-12-5-3-9(15)6-11(12)14(17)18/h2-7H,1H3,(H3,17,18). The van der Waals surface area contributed by atoms with Crippen molar-refractivity contribution in [1.82, 2.24) is 0 Å². The lowest BCUT2D eigenvalue weighted by atomic mass is 10.1. The number of benzene rings is 2. The minimum absolute atomic E-state index is 0.0454. The van der Waals surface area contributed by atoms with Crippen molar-refractivity contribution in [1.29, 1.82) is 5.41 Å². The molecule has 0 radical (unpaired) electrons. The van der Waals surface area contributed by atoms with E-state index in [1.54, 1.807) is 24.3 Å². The monoisotopic (exact) mass is 338 g/mol. The summed E-state index contributed by atoms with van der Waals surface area (Å²) in [5.74, 6) is 1.13. The van der Waals surface area contributed by atoms with Gasteiger partial charge in [0, 0.05) is 9.50 Å². The molecule has 0 aliphatic carbocycles. The molecule has 0 aromatic heterocycles. The number of nitrogen functional groups attached to an aromatic ring is 1. The largest absolute Gasteiger partial charge is 0.456 e. The fourth-order valence-corrected chi connectivity index (χ4v) is 2.13. The van der Waals surface area contributed by atoms with Gasteiger partial charge in [0.25, 0.3) is 0 Å². The molecule has 0 amide bonds. The summed E-state index contributed by atoms with van der Waals surface area (Å²) in [6.45, 7) is 1.93. The molecular formula is C14H12BrClN2O. The van der Waals surface area contributed by atoms with Gasteiger partial charge in [0.1, 0.15) is 17.3 Å². The van der Waals surface area contributed by atoms with Crippen LogP contribution in [0.4, 0.5) is 0 Å². The Hall–Kier alpha value is -1.52. The molecular weight excluding hydrogens is 328 g/mol. The first kappa shape index (κ1) is 13.9. The number of halogens is 2. The van der Waals surface area contributed by atoms with Gasteiger partial charge in [-0.1, -0.05) is 33.6 Å². The van der Waals surface area contributed by atoms with Crippen molar-refractivity contribution in [3.63, 3.8) is 0 Å². The van der Waals surface area contributed by atoms with Crippen LogP contribution in [-0.4, -0.2) is 5.84 Å². The van der Waals surface area contributed by atoms with E-state index in [1.165, 1.54) is 0 Å². The van der Waals surface area contributed by atoms with E-state index < -0.39 is 0 Å². The highest BCUT2D eigenvalue weighted by Crippen LogP contribution is 2.31. The van der Waals surface area contributed by atoms with Crippen molar-refractivity contribution in [3.8, 4) is 11.5 Å². The van der Waals surface area contributed by atoms with Crippen LogP contribution in [0.3, 0.4) is 0 Å². The molecule has 2 aromatic carbocycles. The van der Waals surface area contributed by atoms with Crippen LogP contribution in [0.15, 0.2) is 40.9 Å². The molecule has 0 heterocycles. The molecule has 0 spiro atoms. The van der Waals surface area contributed by atoms with Crippen molar-refractivity contribution in [3.05, 3.63) is 57.0 Å². The van der Waals surface area contributed by atoms with Gasteiger partial charge in [-0.3, -0.25) is 5.41 Å². The zero-order valence-electron chi connectivity index (χ0n) is 10.2. The maximum Gasteiger partial charge on any atom is 0.138 e. The summed E-state index contributed by atoms with van der Waals surface area (Å²) < 4.78 is 6.65. The van der Waals surface area contributed by atoms with Gasteiger partial charge in [0.05, 0.1) is 5.56 Å². The number of ether oxygens (including phenoxy) is 1. The van der Waals surface area contributed by atoms with E-state index in [0.717, 1.165) is 10.0 Å². The second-order valence-electron chi connectivity index (χ2n) is 4.07. The van der Waals surface area contributed by atoms with Gasteiger partial charge in [-0.15, -0.1) is 0 Å². The highest BCUT2D eigenvalue weighted by atomic mass is 79.9. The van der Waals surface area contributed by atoms with Gasteiger partial charge in [-0.2, -0.15) is 0 Å². The molecule has 98 valence electrons. The Morgan fingerprint density at radius 1 is 1.21 bits per heavy atom. The number of rotatable bonds is 3. The van der Waals surface area contributed by atoms with Crippen LogP contribution in [0.25, 0.3) is 0 Å². The smallest absolute Gasteiger partial charge is 0.138 e. The predicted octanol–water partition coefficient (Wildman–Crippen LogP) is 4.49. The molecule has 3 nitrogen and oxygen atoms in total. The minimum atomic E-state index is -0.0454. The van der Waals surface area contributed by atoms with Crippen LogP contribution in [0, 0.1) is 12.3 Å². The Morgan fingerprint density at radius 3 is 2.63 bits per heavy atom. The van der Waals surface area contributed by atoms with Crippen LogP contribution in [0.5, 0.6) is 11.5 Å². The van der Waals surface area contributed by atoms with Gasteiger partial charge in [0.2, 0.25) is 0 Å². The topological polar surface area (TPSA) is 59.1 Å². The fourth-order valence-electron chi connectivity index (χ4n) is 1.60. The molecule has 0 aliphatic rings. The normalized spacial score (nSPS) is 10.3. The van der Waals surface area contributed by atoms with Gasteiger partial charge >= 0.3 is 0 Å². The molecule has 0 aliphatic heterocycles. The van der Waals surface area contributed by atoms with Crippen LogP contribution in [0.2, 0.25) is 5.02 Å². The Kier molecular flexibility index (Phi) is 4.12. The summed E-state index contributed by atoms with van der Waals surface area (Å²) in [5.41, 5.74) is 7.06. The molecule has 3 N–H and O–H groups in total. The third-order valence-electron chi connectivity index (χ3n) is 2.60. The highest BCUT2D eigenvalue weighted by molar-refractivity contribution is 9.10. The molecule has 0 atom stereocenters. The molecule has 19 heavy (non-hydrogen) atoms. The molecule has 0 unspecified atom stereocenters. The van der Waals surface area contributed by atoms with Crippen LogP contribution < -0.4 is 10.5 Å². The Labute approximate surface area is 125 Å². The molecule has 0 saturated carbocycles. The summed E-state index contributed by atoms with van der Waals surface area (Å²) in [6.07, 6.45) is 0. The summed E-state index contributed by atoms with van der Waals surface area (Å²) in [4.78, 5) is 0. The SMILES string of the molecule is Cc1ccc(Cl)cc1Oc1ccc(Br)cc1C(=N)N. The molecule has 5 heteroatoms. The van der Waals surface area contributed by atoms with Crippen molar-refractivity contribution < 1.29 is 4.74 Å². The molecule has 0 saturated heterocycles. The lowest BCUT2D eigenvalue weighted by molar-refractivity contribution is 0.477. The lowest BCUT2D eigenvalue weighted by Crippen LogP contribution is -2.12. The lowest BCUT2D eigenvalue weighted by Gasteiger charge is -2.12. The number of aryl methyl sites for hydroxylation is 1. The average Bonchev–Trinajstić information content (AvgIpc) is 2.35. The number of nitrogens with one attached hydrogen (secondary N) is 1. The number of hydrogen-bond acceptors (Lipinski definition) is 2. The van der Waals surface area contributed by atoms with E-state index in [1.807, 2.05) is 19.1 Å². The predicted molar refractivity (Wildman–Crippen MR) is 81.4 cm³/mol. The highest BCUT2D eigenvalue weighted by Gasteiger charge is 2.10. The van der Waals surface area contributed by atoms with Gasteiger partial charge in [0.15, 0.2) is 0 Å². The number of amidine groups is 1. The molecule has 2 rings (SSSR count). The second-order valence-corrected chi connectivity index (χ2v) is 5.42. The molecule has 0 bridgehead atoms. The van der Waals surface area contributed by atoms with E-state index in [2.05, 4.69) is 15.9 Å². The fraction of sp³-hybridized carbons (Fsp3) is 0.0714. The Morgan fingerprint density at radius 2 is 1.95 bits per heavy atom. The third-order valence-corrected chi connectivity index (χ3v) is 3.33. The van der Waals surface area contributed by atoms with Crippen LogP contribution in [0.1, 0.15) is 11.1 Å². The summed E-state index contributed by atoms with van der Waals surface area (Å²) in [7, 11) is 0. The van der Waals surface area contributed by atoms with E-state index in [4.69, 9.17) is 27.5 Å². The number of nitrogens with two attached hydrogens (primary N) is 1. The van der Waals surface area contributed by atoms with Gasteiger partial charge < -0.3 is 10.5 Å². The first-order valence-electron chi connectivity index (χ1n) is 5.55. The molecule has 0 fully saturated rings. The number of hydrogen-bond donors (Lipinski definition) is 2. The second kappa shape index (κ2) is 5.63. The maximum absolute atomic E-state index is 7.59. The van der Waals surface area contributed by atoms with Crippen LogP contribution in [-0.2, 0) is 0 Å². The Bertz CT molecular complexity index is 643. The zero-order chi connectivity index (χ0) is 14.0. The van der Waals surface area contributed by atoms with E-state index >= 15 is 0 Å². The first-order chi connectivity index (χ1) is 8.97. The third kappa shape index (κ3) is 3.28. The summed E-state index contributed by atoms with van der Waals surface area (Å²) in [5, 5.41) is 8.18. The molecule has 2 aromatic rings. The summed E-state index contributed by atoms with van der Waals surface area (Å²) >= 11 is 9.30. The van der Waals surface area contributed by atoms with E-state index in [9.17, 15) is 0 Å². The summed E-state index contributed by atoms with van der Waals surface area (Å²) in [6, 6.07) is 10.8. The maximum atomic E-state index is 7.59. The van der Waals surface area contributed by atoms with Crippen LogP contribution >= 0.6 is 27.5 Å². The zero-order valence-corrected chi connectivity index (χ0v) is 12.5. The van der Waals surface area contributed by atoms with Crippen molar-refractivity contribution in [2.75, 3.05) is 0 Å². The van der Waals surface area contributed by atoms with E-state index in [0.29, 0.717) is 22.1 Å². The minimum Gasteiger partial charge on any atom is -0.456 e. The average molecular weight is 340 g/mol. The van der Waals surface area contributed by atoms with E-state index in [-0.39, 0.29) is 5.84 Å². The Balaban J connectivity index is 2.43. The first-order valence-corrected chi connectivity index (χ1v) is 6.72. The van der Waals surface area contributed by atoms with Crippen molar-refractivity contribution in [2.45, 2.75) is 6.92 Å². The quantitative estimate of drug-likeness (QED) is 0.639. The van der Waals surface area contributed by atoms with Crippen molar-refractivity contribution in [2.24, 2.45) is 5.73 Å². The van der Waals surface area contributed by atoms with Crippen molar-refractivity contribution >= 4 is 33.4 Å². The van der Waals surface area contributed by atoms with Gasteiger partial charge in [-0.05, 0) is 42.8 Å².